The molecule has 2 aromatic rings. The molecular formula is C13H8Cl3NO2. The largest absolute Gasteiger partial charge is 0.478 e. The molecule has 98 valence electrons. The summed E-state index contributed by atoms with van der Waals surface area (Å²) in [5.41, 5.74) is 6.87. The molecule has 6 heteroatoms. The first-order valence-corrected chi connectivity index (χ1v) is 6.32. The number of hydrogen-bond acceptors (Lipinski definition) is 2. The van der Waals surface area contributed by atoms with Gasteiger partial charge in [0, 0.05) is 16.1 Å². The van der Waals surface area contributed by atoms with Crippen LogP contribution in [0.4, 0.5) is 5.69 Å². The highest BCUT2D eigenvalue weighted by Crippen LogP contribution is 2.38. The van der Waals surface area contributed by atoms with E-state index in [4.69, 9.17) is 45.6 Å². The number of nitrogen functional groups attached to an aromatic ring is 1. The van der Waals surface area contributed by atoms with Crippen molar-refractivity contribution in [2.75, 3.05) is 5.73 Å². The third-order valence-corrected chi connectivity index (χ3v) is 3.65. The quantitative estimate of drug-likeness (QED) is 0.796. The minimum atomic E-state index is -1.15. The fourth-order valence-corrected chi connectivity index (χ4v) is 2.35. The molecule has 0 saturated carbocycles. The SMILES string of the molecule is Nc1c(C(=O)O)cc(Cl)cc1-c1cccc(Cl)c1Cl. The number of carboxylic acid groups (broad SMARTS) is 1. The molecule has 0 aliphatic rings. The van der Waals surface area contributed by atoms with Gasteiger partial charge >= 0.3 is 5.97 Å². The van der Waals surface area contributed by atoms with Crippen molar-refractivity contribution < 1.29 is 9.90 Å². The Bertz CT molecular complexity index is 671. The maximum Gasteiger partial charge on any atom is 0.337 e. The zero-order chi connectivity index (χ0) is 14.2. The molecule has 0 unspecified atom stereocenters. The van der Waals surface area contributed by atoms with Crippen molar-refractivity contribution in [1.29, 1.82) is 0 Å². The van der Waals surface area contributed by atoms with Gasteiger partial charge in [0.1, 0.15) is 0 Å². The van der Waals surface area contributed by atoms with E-state index in [1.54, 1.807) is 24.3 Å². The van der Waals surface area contributed by atoms with Crippen LogP contribution in [0.25, 0.3) is 11.1 Å². The fraction of sp³-hybridized carbons (Fsp3) is 0. The maximum atomic E-state index is 11.1. The molecule has 0 spiro atoms. The normalized spacial score (nSPS) is 10.5. The highest BCUT2D eigenvalue weighted by atomic mass is 35.5. The van der Waals surface area contributed by atoms with E-state index in [9.17, 15) is 4.79 Å². The summed E-state index contributed by atoms with van der Waals surface area (Å²) in [6.07, 6.45) is 0. The number of nitrogens with two attached hydrogens (primary N) is 1. The van der Waals surface area contributed by atoms with Gasteiger partial charge in [0.15, 0.2) is 0 Å². The second-order valence-corrected chi connectivity index (χ2v) is 5.04. The molecule has 0 bridgehead atoms. The van der Waals surface area contributed by atoms with Crippen molar-refractivity contribution in [2.45, 2.75) is 0 Å². The zero-order valence-electron chi connectivity index (χ0n) is 9.45. The van der Waals surface area contributed by atoms with Crippen LogP contribution in [0.1, 0.15) is 10.4 Å². The van der Waals surface area contributed by atoms with Gasteiger partial charge in [-0.2, -0.15) is 0 Å². The van der Waals surface area contributed by atoms with Crippen molar-refractivity contribution in [3.05, 3.63) is 51.0 Å². The summed E-state index contributed by atoms with van der Waals surface area (Å²) in [7, 11) is 0. The topological polar surface area (TPSA) is 63.3 Å². The van der Waals surface area contributed by atoms with Crippen molar-refractivity contribution in [3.63, 3.8) is 0 Å². The van der Waals surface area contributed by atoms with Crippen molar-refractivity contribution in [1.82, 2.24) is 0 Å². The molecule has 0 saturated heterocycles. The standard InChI is InChI=1S/C13H8Cl3NO2/c14-6-4-8(12(17)9(5-6)13(18)19)7-2-1-3-10(15)11(7)16/h1-5H,17H2,(H,18,19). The molecule has 0 fully saturated rings. The molecule has 0 heterocycles. The first-order valence-electron chi connectivity index (χ1n) is 5.18. The van der Waals surface area contributed by atoms with Gasteiger partial charge in [0.2, 0.25) is 0 Å². The molecule has 0 aromatic heterocycles. The lowest BCUT2D eigenvalue weighted by Crippen LogP contribution is -2.04. The number of carbonyl (C=O) groups is 1. The maximum absolute atomic E-state index is 11.1. The number of halogens is 3. The Hall–Kier alpha value is -1.42. The van der Waals surface area contributed by atoms with Gasteiger partial charge < -0.3 is 10.8 Å². The van der Waals surface area contributed by atoms with E-state index in [1.165, 1.54) is 6.07 Å². The minimum Gasteiger partial charge on any atom is -0.478 e. The van der Waals surface area contributed by atoms with Gasteiger partial charge in [-0.3, -0.25) is 0 Å². The Balaban J connectivity index is 2.76. The lowest BCUT2D eigenvalue weighted by atomic mass is 10.00. The highest BCUT2D eigenvalue weighted by Gasteiger charge is 2.17. The van der Waals surface area contributed by atoms with E-state index in [0.29, 0.717) is 21.2 Å². The number of hydrogen-bond donors (Lipinski definition) is 2. The summed E-state index contributed by atoms with van der Waals surface area (Å²) in [4.78, 5) is 11.1. The van der Waals surface area contributed by atoms with E-state index in [1.807, 2.05) is 0 Å². The van der Waals surface area contributed by atoms with Crippen LogP contribution in [-0.2, 0) is 0 Å². The molecule has 3 nitrogen and oxygen atoms in total. The third-order valence-electron chi connectivity index (χ3n) is 2.62. The van der Waals surface area contributed by atoms with Gasteiger partial charge in [-0.05, 0) is 18.2 Å². The first kappa shape index (κ1) is 14.0. The number of aromatic carboxylic acids is 1. The number of benzene rings is 2. The van der Waals surface area contributed by atoms with Crippen LogP contribution in [-0.4, -0.2) is 11.1 Å². The van der Waals surface area contributed by atoms with E-state index >= 15 is 0 Å². The lowest BCUT2D eigenvalue weighted by Gasteiger charge is -2.12. The van der Waals surface area contributed by atoms with Crippen molar-refractivity contribution in [3.8, 4) is 11.1 Å². The minimum absolute atomic E-state index is 0.0708. The van der Waals surface area contributed by atoms with Crippen LogP contribution in [0.3, 0.4) is 0 Å². The van der Waals surface area contributed by atoms with Crippen LogP contribution in [0, 0.1) is 0 Å². The van der Waals surface area contributed by atoms with E-state index in [-0.39, 0.29) is 16.3 Å². The Morgan fingerprint density at radius 1 is 1.11 bits per heavy atom. The first-order chi connectivity index (χ1) is 8.91. The molecule has 0 atom stereocenters. The van der Waals surface area contributed by atoms with Crippen LogP contribution in [0.5, 0.6) is 0 Å². The smallest absolute Gasteiger partial charge is 0.337 e. The number of carboxylic acids is 1. The summed E-state index contributed by atoms with van der Waals surface area (Å²) in [5.74, 6) is -1.15. The molecule has 0 amide bonds. The predicted octanol–water partition coefficient (Wildman–Crippen LogP) is 4.59. The number of anilines is 1. The average Bonchev–Trinajstić information content (AvgIpc) is 2.35. The zero-order valence-corrected chi connectivity index (χ0v) is 11.7. The second-order valence-electron chi connectivity index (χ2n) is 3.82. The monoisotopic (exact) mass is 315 g/mol. The second kappa shape index (κ2) is 5.29. The van der Waals surface area contributed by atoms with Crippen molar-refractivity contribution in [2.24, 2.45) is 0 Å². The molecule has 0 radical (unpaired) electrons. The van der Waals surface area contributed by atoms with Crippen LogP contribution in [0.2, 0.25) is 15.1 Å². The summed E-state index contributed by atoms with van der Waals surface area (Å²) >= 11 is 18.0. The Morgan fingerprint density at radius 3 is 2.42 bits per heavy atom. The molecular weight excluding hydrogens is 309 g/mol. The Kier molecular flexibility index (Phi) is 3.90. The van der Waals surface area contributed by atoms with Gasteiger partial charge in [0.25, 0.3) is 0 Å². The van der Waals surface area contributed by atoms with Crippen LogP contribution >= 0.6 is 34.8 Å². The van der Waals surface area contributed by atoms with Gasteiger partial charge in [-0.25, -0.2) is 4.79 Å². The van der Waals surface area contributed by atoms with Gasteiger partial charge in [0.05, 0.1) is 21.3 Å². The average molecular weight is 317 g/mol. The summed E-state index contributed by atoms with van der Waals surface area (Å²) in [6, 6.07) is 7.88. The Labute approximate surface area is 124 Å². The lowest BCUT2D eigenvalue weighted by molar-refractivity contribution is 0.0698. The molecule has 19 heavy (non-hydrogen) atoms. The van der Waals surface area contributed by atoms with Gasteiger partial charge in [-0.1, -0.05) is 46.9 Å². The van der Waals surface area contributed by atoms with Crippen molar-refractivity contribution >= 4 is 46.5 Å². The predicted molar refractivity (Wildman–Crippen MR) is 78.3 cm³/mol. The number of rotatable bonds is 2. The van der Waals surface area contributed by atoms with Crippen LogP contribution in [0.15, 0.2) is 30.3 Å². The molecule has 2 rings (SSSR count). The summed E-state index contributed by atoms with van der Waals surface area (Å²) in [6.45, 7) is 0. The van der Waals surface area contributed by atoms with E-state index < -0.39 is 5.97 Å². The van der Waals surface area contributed by atoms with Crippen LogP contribution < -0.4 is 5.73 Å². The summed E-state index contributed by atoms with van der Waals surface area (Å²) < 4.78 is 0. The molecule has 2 aromatic carbocycles. The van der Waals surface area contributed by atoms with E-state index in [0.717, 1.165) is 0 Å². The molecule has 0 aliphatic heterocycles. The Morgan fingerprint density at radius 2 is 1.79 bits per heavy atom. The molecule has 3 N–H and O–H groups in total. The van der Waals surface area contributed by atoms with Gasteiger partial charge in [-0.15, -0.1) is 0 Å². The third kappa shape index (κ3) is 2.63. The molecule has 0 aliphatic carbocycles. The summed E-state index contributed by atoms with van der Waals surface area (Å²) in [5, 5.41) is 10.0. The highest BCUT2D eigenvalue weighted by molar-refractivity contribution is 6.44. The van der Waals surface area contributed by atoms with E-state index in [2.05, 4.69) is 0 Å². The fourth-order valence-electron chi connectivity index (χ4n) is 1.73.